The quantitative estimate of drug-likeness (QED) is 0.646. The molecule has 2 amide bonds. The number of hydrogen-bond donors (Lipinski definition) is 0. The highest BCUT2D eigenvalue weighted by atomic mass is 32.1. The molecule has 162 valence electrons. The van der Waals surface area contributed by atoms with Crippen molar-refractivity contribution in [2.75, 3.05) is 25.7 Å². The van der Waals surface area contributed by atoms with Gasteiger partial charge in [0.1, 0.15) is 23.2 Å². The number of methoxy groups -OCH3 is 2. The van der Waals surface area contributed by atoms with Gasteiger partial charge in [-0.25, -0.2) is 4.98 Å². The molecule has 4 rings (SSSR count). The zero-order valence-electron chi connectivity index (χ0n) is 17.7. The number of thiazole rings is 1. The smallest absolute Gasteiger partial charge is 0.278 e. The molecule has 1 saturated carbocycles. The summed E-state index contributed by atoms with van der Waals surface area (Å²) in [7, 11) is 3.10. The molecule has 0 N–H and O–H groups in total. The molecule has 2 aromatic rings. The Balaban J connectivity index is 1.73. The molecule has 0 radical (unpaired) electrons. The molecule has 31 heavy (non-hydrogen) atoms. The number of aromatic nitrogens is 1. The number of amides is 2. The van der Waals surface area contributed by atoms with Crippen molar-refractivity contribution in [3.63, 3.8) is 0 Å². The van der Waals surface area contributed by atoms with Crippen LogP contribution in [0.4, 0.5) is 5.69 Å². The lowest BCUT2D eigenvalue weighted by Gasteiger charge is -2.30. The summed E-state index contributed by atoms with van der Waals surface area (Å²) in [6.45, 7) is 0.645. The topological polar surface area (TPSA) is 72.0 Å². The van der Waals surface area contributed by atoms with Crippen LogP contribution in [0.25, 0.3) is 0 Å². The first-order valence-electron chi connectivity index (χ1n) is 10.3. The molecule has 7 nitrogen and oxygen atoms in total. The Kier molecular flexibility index (Phi) is 6.14. The van der Waals surface area contributed by atoms with Gasteiger partial charge in [0.15, 0.2) is 5.01 Å². The Labute approximate surface area is 186 Å². The summed E-state index contributed by atoms with van der Waals surface area (Å²) in [4.78, 5) is 34.7. The number of carbonyl (C=O) groups is 2. The van der Waals surface area contributed by atoms with Gasteiger partial charge in [-0.3, -0.25) is 14.5 Å². The molecule has 2 aliphatic rings. The molecule has 2 fully saturated rings. The number of ether oxygens (including phenoxy) is 2. The van der Waals surface area contributed by atoms with E-state index in [0.29, 0.717) is 35.2 Å². The van der Waals surface area contributed by atoms with Crippen molar-refractivity contribution < 1.29 is 19.1 Å². The molecular weight excluding hydrogens is 414 g/mol. The van der Waals surface area contributed by atoms with E-state index >= 15 is 0 Å². The Morgan fingerprint density at radius 1 is 1.19 bits per heavy atom. The molecular formula is C23H25N3O4S. The average Bonchev–Trinajstić information content (AvgIpc) is 3.55. The molecule has 0 spiro atoms. The number of nitrogens with zero attached hydrogens (tertiary/aromatic N) is 3. The molecule has 8 heteroatoms. The number of anilines is 1. The van der Waals surface area contributed by atoms with E-state index < -0.39 is 6.04 Å². The van der Waals surface area contributed by atoms with Gasteiger partial charge in [0, 0.05) is 36.2 Å². The number of carbonyl (C=O) groups excluding carboxylic acids is 2. The second-order valence-corrected chi connectivity index (χ2v) is 8.56. The first-order chi connectivity index (χ1) is 15.0. The number of hydrogen-bond acceptors (Lipinski definition) is 6. The van der Waals surface area contributed by atoms with E-state index in [9.17, 15) is 9.59 Å². The second-order valence-electron chi connectivity index (χ2n) is 7.70. The van der Waals surface area contributed by atoms with Gasteiger partial charge in [-0.1, -0.05) is 12.8 Å². The van der Waals surface area contributed by atoms with Crippen molar-refractivity contribution in [3.05, 3.63) is 34.3 Å². The fraction of sp³-hybridized carbons (Fsp3) is 0.435. The maximum Gasteiger partial charge on any atom is 0.278 e. The van der Waals surface area contributed by atoms with E-state index in [4.69, 9.17) is 15.9 Å². The summed E-state index contributed by atoms with van der Waals surface area (Å²) in [5.74, 6) is 3.15. The lowest BCUT2D eigenvalue weighted by Crippen LogP contribution is -2.47. The molecule has 2 heterocycles. The fourth-order valence-corrected chi connectivity index (χ4v) is 5.03. The third kappa shape index (κ3) is 4.10. The van der Waals surface area contributed by atoms with E-state index in [1.165, 1.54) is 16.2 Å². The minimum atomic E-state index is -0.610. The molecule has 0 bridgehead atoms. The van der Waals surface area contributed by atoms with E-state index in [2.05, 4.69) is 10.9 Å². The zero-order chi connectivity index (χ0) is 22.0. The highest BCUT2D eigenvalue weighted by molar-refractivity contribution is 7.10. The first-order valence-corrected chi connectivity index (χ1v) is 11.2. The van der Waals surface area contributed by atoms with Gasteiger partial charge in [-0.15, -0.1) is 17.8 Å². The SMILES string of the molecule is C#Cc1nc(C(=O)N(c2cc(OC)cc(OC)c2)C2CCN(C3CCCC3)C2=O)cs1. The van der Waals surface area contributed by atoms with Gasteiger partial charge in [0.2, 0.25) is 5.91 Å². The molecule has 1 aromatic carbocycles. The van der Waals surface area contributed by atoms with Crippen LogP contribution in [0.3, 0.4) is 0 Å². The number of rotatable bonds is 6. The maximum absolute atomic E-state index is 13.6. The first kappa shape index (κ1) is 21.2. The van der Waals surface area contributed by atoms with E-state index in [-0.39, 0.29) is 23.6 Å². The molecule has 1 aliphatic heterocycles. The normalized spacial score (nSPS) is 18.8. The van der Waals surface area contributed by atoms with Crippen molar-refractivity contribution in [1.29, 1.82) is 0 Å². The summed E-state index contributed by atoms with van der Waals surface area (Å²) in [6.07, 6.45) is 10.3. The van der Waals surface area contributed by atoms with Gasteiger partial charge in [0.25, 0.3) is 5.91 Å². The Morgan fingerprint density at radius 3 is 2.45 bits per heavy atom. The molecule has 1 aromatic heterocycles. The summed E-state index contributed by atoms with van der Waals surface area (Å²) < 4.78 is 10.8. The number of likely N-dealkylation sites (tertiary alicyclic amines) is 1. The predicted octanol–water partition coefficient (Wildman–Crippen LogP) is 3.33. The van der Waals surface area contributed by atoms with Crippen LogP contribution >= 0.6 is 11.3 Å². The van der Waals surface area contributed by atoms with Crippen molar-refractivity contribution in [1.82, 2.24) is 9.88 Å². The number of benzene rings is 1. The van der Waals surface area contributed by atoms with Gasteiger partial charge in [0.05, 0.1) is 19.9 Å². The Bertz CT molecular complexity index is 1000. The summed E-state index contributed by atoms with van der Waals surface area (Å²) in [6, 6.07) is 4.86. The lowest BCUT2D eigenvalue weighted by molar-refractivity contribution is -0.130. The van der Waals surface area contributed by atoms with Crippen LogP contribution in [0.1, 0.15) is 47.6 Å². The van der Waals surface area contributed by atoms with Crippen LogP contribution in [-0.4, -0.2) is 54.5 Å². The van der Waals surface area contributed by atoms with Gasteiger partial charge in [-0.05, 0) is 25.2 Å². The van der Waals surface area contributed by atoms with Crippen LogP contribution in [0.5, 0.6) is 11.5 Å². The Morgan fingerprint density at radius 2 is 1.87 bits per heavy atom. The van der Waals surface area contributed by atoms with E-state index in [1.54, 1.807) is 37.8 Å². The molecule has 1 atom stereocenters. The van der Waals surface area contributed by atoms with E-state index in [0.717, 1.165) is 25.7 Å². The minimum absolute atomic E-state index is 0.0190. The van der Waals surface area contributed by atoms with Crippen LogP contribution < -0.4 is 14.4 Å². The molecule has 1 saturated heterocycles. The van der Waals surface area contributed by atoms with Crippen molar-refractivity contribution in [3.8, 4) is 23.8 Å². The third-order valence-electron chi connectivity index (χ3n) is 5.97. The largest absolute Gasteiger partial charge is 0.497 e. The highest BCUT2D eigenvalue weighted by Crippen LogP contribution is 2.35. The van der Waals surface area contributed by atoms with Crippen molar-refractivity contribution in [2.45, 2.75) is 44.2 Å². The minimum Gasteiger partial charge on any atom is -0.497 e. The molecule has 1 aliphatic carbocycles. The fourth-order valence-electron chi connectivity index (χ4n) is 4.44. The molecule has 1 unspecified atom stereocenters. The van der Waals surface area contributed by atoms with E-state index in [1.807, 2.05) is 4.90 Å². The van der Waals surface area contributed by atoms with Gasteiger partial charge >= 0.3 is 0 Å². The summed E-state index contributed by atoms with van der Waals surface area (Å²) in [5.41, 5.74) is 0.759. The van der Waals surface area contributed by atoms with Gasteiger partial charge < -0.3 is 14.4 Å². The van der Waals surface area contributed by atoms with Crippen LogP contribution in [0.2, 0.25) is 0 Å². The third-order valence-corrected chi connectivity index (χ3v) is 6.74. The summed E-state index contributed by atoms with van der Waals surface area (Å²) in [5, 5.41) is 2.06. The van der Waals surface area contributed by atoms with Crippen molar-refractivity contribution >= 4 is 28.8 Å². The predicted molar refractivity (Wildman–Crippen MR) is 119 cm³/mol. The zero-order valence-corrected chi connectivity index (χ0v) is 18.5. The second kappa shape index (κ2) is 8.98. The summed E-state index contributed by atoms with van der Waals surface area (Å²) >= 11 is 1.23. The Hall–Kier alpha value is -3.05. The van der Waals surface area contributed by atoms with Crippen LogP contribution in [-0.2, 0) is 4.79 Å². The van der Waals surface area contributed by atoms with Crippen LogP contribution in [0.15, 0.2) is 23.6 Å². The highest BCUT2D eigenvalue weighted by Gasteiger charge is 2.43. The van der Waals surface area contributed by atoms with Crippen molar-refractivity contribution in [2.24, 2.45) is 0 Å². The maximum atomic E-state index is 13.6. The monoisotopic (exact) mass is 439 g/mol. The van der Waals surface area contributed by atoms with Crippen LogP contribution in [0, 0.1) is 12.3 Å². The number of terminal acetylenes is 1. The van der Waals surface area contributed by atoms with Gasteiger partial charge in [-0.2, -0.15) is 0 Å². The standard InChI is InChI=1S/C23H25N3O4S/c1-4-21-24-19(14-31-21)22(27)26(16-11-17(29-2)13-18(12-16)30-3)20-9-10-25(23(20)28)15-7-5-6-8-15/h1,11-15,20H,5-10H2,2-3H3. The lowest BCUT2D eigenvalue weighted by atomic mass is 10.1. The average molecular weight is 440 g/mol.